The molecule has 0 amide bonds. The predicted molar refractivity (Wildman–Crippen MR) is 45.6 cm³/mol. The Morgan fingerprint density at radius 3 is 2.18 bits per heavy atom. The van der Waals surface area contributed by atoms with Crippen LogP contribution in [0.4, 0.5) is 0 Å². The van der Waals surface area contributed by atoms with Gasteiger partial charge in [0.1, 0.15) is 0 Å². The van der Waals surface area contributed by atoms with E-state index in [0.717, 1.165) is 12.3 Å². The van der Waals surface area contributed by atoms with Gasteiger partial charge in [0.2, 0.25) is 0 Å². The summed E-state index contributed by atoms with van der Waals surface area (Å²) in [5.41, 5.74) is 0. The third kappa shape index (κ3) is 1.50. The van der Waals surface area contributed by atoms with Gasteiger partial charge in [0, 0.05) is 0 Å². The van der Waals surface area contributed by atoms with Gasteiger partial charge in [-0.05, 0) is 38.3 Å². The van der Waals surface area contributed by atoms with Crippen molar-refractivity contribution in [3.63, 3.8) is 0 Å². The molecule has 1 unspecified atom stereocenters. The fraction of sp³-hybridized carbons (Fsp3) is 0.875. The minimum absolute atomic E-state index is 0. The smallest absolute Gasteiger partial charge is 0.0980 e. The number of rotatable bonds is 0. The molecule has 62 valence electrons. The zero-order valence-electron chi connectivity index (χ0n) is 6.49. The number of halogens is 1. The lowest BCUT2D eigenvalue weighted by Gasteiger charge is -2.42. The molecule has 0 saturated carbocycles. The van der Waals surface area contributed by atoms with Gasteiger partial charge in [0.05, 0.1) is 12.1 Å². The second-order valence-corrected chi connectivity index (χ2v) is 3.36. The summed E-state index contributed by atoms with van der Waals surface area (Å²) in [5.74, 6) is 0.870. The van der Waals surface area contributed by atoms with Crippen LogP contribution in [-0.4, -0.2) is 24.0 Å². The molecule has 0 aromatic rings. The highest BCUT2D eigenvalue weighted by molar-refractivity contribution is 5.85. The Bertz CT molecular complexity index is 167. The molecule has 3 aliphatic rings. The minimum Gasteiger partial charge on any atom is -0.288 e. The third-order valence-electron chi connectivity index (χ3n) is 2.80. The maximum absolute atomic E-state index is 8.72. The van der Waals surface area contributed by atoms with E-state index in [9.17, 15) is 0 Å². The molecule has 0 aromatic heterocycles. The van der Waals surface area contributed by atoms with Gasteiger partial charge in [-0.2, -0.15) is 5.26 Å². The predicted octanol–water partition coefficient (Wildman–Crippen LogP) is 1.42. The van der Waals surface area contributed by atoms with E-state index in [2.05, 4.69) is 11.0 Å². The fourth-order valence-corrected chi connectivity index (χ4v) is 2.10. The fourth-order valence-electron chi connectivity index (χ4n) is 2.10. The second-order valence-electron chi connectivity index (χ2n) is 3.36. The molecular formula is C8H13ClN2. The largest absolute Gasteiger partial charge is 0.288 e. The van der Waals surface area contributed by atoms with E-state index in [1.807, 2.05) is 0 Å². The molecule has 3 rings (SSSR count). The third-order valence-corrected chi connectivity index (χ3v) is 2.80. The highest BCUT2D eigenvalue weighted by Crippen LogP contribution is 2.30. The normalized spacial score (nSPS) is 40.8. The molecule has 0 radical (unpaired) electrons. The van der Waals surface area contributed by atoms with Crippen molar-refractivity contribution in [2.24, 2.45) is 5.92 Å². The van der Waals surface area contributed by atoms with Crippen molar-refractivity contribution < 1.29 is 0 Å². The highest BCUT2D eigenvalue weighted by atomic mass is 35.5. The summed E-state index contributed by atoms with van der Waals surface area (Å²) in [5, 5.41) is 8.72. The van der Waals surface area contributed by atoms with Crippen LogP contribution < -0.4 is 0 Å². The topological polar surface area (TPSA) is 27.0 Å². The first kappa shape index (κ1) is 8.83. The van der Waals surface area contributed by atoms with Crippen LogP contribution in [0.25, 0.3) is 0 Å². The van der Waals surface area contributed by atoms with Crippen molar-refractivity contribution in [2.45, 2.75) is 25.3 Å². The summed E-state index contributed by atoms with van der Waals surface area (Å²) in [4.78, 5) is 2.32. The summed E-state index contributed by atoms with van der Waals surface area (Å²) < 4.78 is 0. The van der Waals surface area contributed by atoms with Gasteiger partial charge in [-0.25, -0.2) is 0 Å². The maximum atomic E-state index is 8.72. The Morgan fingerprint density at radius 2 is 1.91 bits per heavy atom. The van der Waals surface area contributed by atoms with Gasteiger partial charge in [0.25, 0.3) is 0 Å². The number of nitriles is 1. The lowest BCUT2D eigenvalue weighted by Crippen LogP contribution is -2.47. The summed E-state index contributed by atoms with van der Waals surface area (Å²) >= 11 is 0. The molecule has 1 atom stereocenters. The molecule has 11 heavy (non-hydrogen) atoms. The van der Waals surface area contributed by atoms with Crippen LogP contribution in [0.15, 0.2) is 0 Å². The van der Waals surface area contributed by atoms with Crippen molar-refractivity contribution in [3.05, 3.63) is 0 Å². The van der Waals surface area contributed by atoms with Gasteiger partial charge >= 0.3 is 0 Å². The van der Waals surface area contributed by atoms with Gasteiger partial charge < -0.3 is 0 Å². The van der Waals surface area contributed by atoms with Crippen molar-refractivity contribution in [2.75, 3.05) is 13.1 Å². The van der Waals surface area contributed by atoms with Crippen LogP contribution in [0.5, 0.6) is 0 Å². The van der Waals surface area contributed by atoms with Crippen molar-refractivity contribution >= 4 is 12.4 Å². The Hall–Kier alpha value is -0.260. The standard InChI is InChI=1S/C8H12N2.ClH/c9-6-8-5-7-1-3-10(8)4-2-7;/h7-8H,1-5H2;1H. The molecular weight excluding hydrogens is 160 g/mol. The van der Waals surface area contributed by atoms with Gasteiger partial charge in [-0.3, -0.25) is 4.90 Å². The van der Waals surface area contributed by atoms with E-state index in [4.69, 9.17) is 5.26 Å². The Morgan fingerprint density at radius 1 is 1.27 bits per heavy atom. The zero-order chi connectivity index (χ0) is 6.97. The van der Waals surface area contributed by atoms with E-state index in [1.165, 1.54) is 25.9 Å². The average molecular weight is 173 g/mol. The zero-order valence-corrected chi connectivity index (χ0v) is 7.31. The number of fused-ring (bicyclic) bond motifs is 3. The molecule has 2 bridgehead atoms. The van der Waals surface area contributed by atoms with E-state index in [0.29, 0.717) is 0 Å². The highest BCUT2D eigenvalue weighted by Gasteiger charge is 2.32. The number of hydrogen-bond donors (Lipinski definition) is 0. The quantitative estimate of drug-likeness (QED) is 0.553. The molecule has 3 heterocycles. The Balaban J connectivity index is 0.000000605. The lowest BCUT2D eigenvalue weighted by molar-refractivity contribution is 0.0772. The lowest BCUT2D eigenvalue weighted by atomic mass is 9.84. The first-order valence-corrected chi connectivity index (χ1v) is 4.04. The Labute approximate surface area is 73.6 Å². The summed E-state index contributed by atoms with van der Waals surface area (Å²) in [6, 6.07) is 2.62. The number of hydrogen-bond acceptors (Lipinski definition) is 2. The molecule has 0 aliphatic carbocycles. The number of nitrogens with zero attached hydrogens (tertiary/aromatic N) is 2. The molecule has 3 heteroatoms. The minimum atomic E-state index is 0. The monoisotopic (exact) mass is 172 g/mol. The van der Waals surface area contributed by atoms with Crippen molar-refractivity contribution in [1.29, 1.82) is 5.26 Å². The Kier molecular flexibility index (Phi) is 2.75. The first-order valence-electron chi connectivity index (χ1n) is 4.04. The summed E-state index contributed by atoms with van der Waals surface area (Å²) in [6.07, 6.45) is 3.80. The van der Waals surface area contributed by atoms with Crippen LogP contribution in [0.2, 0.25) is 0 Å². The molecule has 0 aromatic carbocycles. The molecule has 2 nitrogen and oxygen atoms in total. The molecule has 3 aliphatic heterocycles. The average Bonchev–Trinajstić information content (AvgIpc) is 2.06. The van der Waals surface area contributed by atoms with Gasteiger partial charge in [-0.1, -0.05) is 0 Å². The van der Waals surface area contributed by atoms with Crippen molar-refractivity contribution in [3.8, 4) is 6.07 Å². The van der Waals surface area contributed by atoms with Crippen LogP contribution in [0, 0.1) is 17.2 Å². The van der Waals surface area contributed by atoms with E-state index in [1.54, 1.807) is 0 Å². The first-order chi connectivity index (χ1) is 4.90. The van der Waals surface area contributed by atoms with Gasteiger partial charge in [0.15, 0.2) is 0 Å². The van der Waals surface area contributed by atoms with E-state index < -0.39 is 0 Å². The number of piperidine rings is 3. The van der Waals surface area contributed by atoms with Crippen LogP contribution in [0.3, 0.4) is 0 Å². The van der Waals surface area contributed by atoms with E-state index >= 15 is 0 Å². The van der Waals surface area contributed by atoms with Gasteiger partial charge in [-0.15, -0.1) is 12.4 Å². The maximum Gasteiger partial charge on any atom is 0.0980 e. The SMILES string of the molecule is Cl.N#CC1CC2CCN1CC2. The van der Waals surface area contributed by atoms with Crippen LogP contribution in [0.1, 0.15) is 19.3 Å². The van der Waals surface area contributed by atoms with Crippen LogP contribution >= 0.6 is 12.4 Å². The molecule has 0 spiro atoms. The molecule has 0 N–H and O–H groups in total. The summed E-state index contributed by atoms with van der Waals surface area (Å²) in [6.45, 7) is 2.34. The molecule has 3 saturated heterocycles. The molecule has 3 fully saturated rings. The second kappa shape index (κ2) is 3.42. The van der Waals surface area contributed by atoms with Crippen LogP contribution in [-0.2, 0) is 0 Å². The van der Waals surface area contributed by atoms with E-state index in [-0.39, 0.29) is 18.4 Å². The summed E-state index contributed by atoms with van der Waals surface area (Å²) in [7, 11) is 0. The van der Waals surface area contributed by atoms with Crippen molar-refractivity contribution in [1.82, 2.24) is 4.90 Å².